The summed E-state index contributed by atoms with van der Waals surface area (Å²) >= 11 is 0. The van der Waals surface area contributed by atoms with Crippen LogP contribution in [0.4, 0.5) is 5.69 Å². The van der Waals surface area contributed by atoms with E-state index in [1.807, 2.05) is 24.3 Å². The predicted molar refractivity (Wildman–Crippen MR) is 71.9 cm³/mol. The van der Waals surface area contributed by atoms with Crippen molar-refractivity contribution in [2.45, 2.75) is 26.7 Å². The maximum atomic E-state index is 11.7. The standard InChI is InChI=1S/C13H21NOS/c1-11(2)7-9-16(15)10-8-12-3-5-13(14)6-4-12/h3-6,11H,7-10,14H2,1-2H3. The van der Waals surface area contributed by atoms with E-state index in [4.69, 9.17) is 5.73 Å². The molecule has 0 heterocycles. The number of nitrogen functional groups attached to an aromatic ring is 1. The third kappa shape index (κ3) is 5.31. The minimum atomic E-state index is -0.678. The van der Waals surface area contributed by atoms with Crippen molar-refractivity contribution in [2.75, 3.05) is 17.2 Å². The van der Waals surface area contributed by atoms with Gasteiger partial charge in [-0.1, -0.05) is 26.0 Å². The van der Waals surface area contributed by atoms with Crippen molar-refractivity contribution in [1.29, 1.82) is 0 Å². The molecule has 2 N–H and O–H groups in total. The van der Waals surface area contributed by atoms with Gasteiger partial charge in [-0.25, -0.2) is 0 Å². The van der Waals surface area contributed by atoms with Crippen molar-refractivity contribution < 1.29 is 4.21 Å². The lowest BCUT2D eigenvalue weighted by atomic mass is 10.1. The minimum absolute atomic E-state index is 0.639. The third-order valence-corrected chi connectivity index (χ3v) is 3.87. The molecular formula is C13H21NOS. The largest absolute Gasteiger partial charge is 0.399 e. The van der Waals surface area contributed by atoms with Gasteiger partial charge in [0.2, 0.25) is 0 Å². The molecule has 0 amide bonds. The van der Waals surface area contributed by atoms with Crippen LogP contribution in [0.25, 0.3) is 0 Å². The number of benzene rings is 1. The zero-order valence-corrected chi connectivity index (χ0v) is 10.9. The van der Waals surface area contributed by atoms with Gasteiger partial charge in [0.15, 0.2) is 0 Å². The van der Waals surface area contributed by atoms with Gasteiger partial charge < -0.3 is 5.73 Å². The van der Waals surface area contributed by atoms with Crippen molar-refractivity contribution in [2.24, 2.45) is 5.92 Å². The average Bonchev–Trinajstić information content (AvgIpc) is 2.25. The zero-order chi connectivity index (χ0) is 12.0. The molecule has 90 valence electrons. The molecule has 1 unspecified atom stereocenters. The van der Waals surface area contributed by atoms with E-state index in [0.717, 1.165) is 30.0 Å². The summed E-state index contributed by atoms with van der Waals surface area (Å²) in [6.45, 7) is 4.33. The summed E-state index contributed by atoms with van der Waals surface area (Å²) in [5.41, 5.74) is 7.60. The zero-order valence-electron chi connectivity index (χ0n) is 10.1. The number of nitrogens with two attached hydrogens (primary N) is 1. The SMILES string of the molecule is CC(C)CCS(=O)CCc1ccc(N)cc1. The van der Waals surface area contributed by atoms with E-state index >= 15 is 0 Å². The first-order valence-corrected chi connectivity index (χ1v) is 7.26. The van der Waals surface area contributed by atoms with Gasteiger partial charge in [0.05, 0.1) is 0 Å². The quantitative estimate of drug-likeness (QED) is 0.775. The fraction of sp³-hybridized carbons (Fsp3) is 0.538. The normalized spacial score (nSPS) is 12.9. The first-order chi connectivity index (χ1) is 7.58. The van der Waals surface area contributed by atoms with Crippen LogP contribution < -0.4 is 5.73 Å². The second-order valence-electron chi connectivity index (χ2n) is 4.52. The molecule has 0 radical (unpaired) electrons. The summed E-state index contributed by atoms with van der Waals surface area (Å²) in [6.07, 6.45) is 1.93. The molecule has 1 aromatic carbocycles. The summed E-state index contributed by atoms with van der Waals surface area (Å²) in [6, 6.07) is 7.81. The van der Waals surface area contributed by atoms with Crippen LogP contribution in [0.5, 0.6) is 0 Å². The van der Waals surface area contributed by atoms with Crippen molar-refractivity contribution in [1.82, 2.24) is 0 Å². The lowest BCUT2D eigenvalue weighted by molar-refractivity contribution is 0.619. The van der Waals surface area contributed by atoms with Crippen LogP contribution in [0.1, 0.15) is 25.8 Å². The Hall–Kier alpha value is -0.830. The molecule has 0 aliphatic heterocycles. The van der Waals surface area contributed by atoms with Crippen LogP contribution in [0.15, 0.2) is 24.3 Å². The molecule has 0 aromatic heterocycles. The molecule has 0 aliphatic carbocycles. The highest BCUT2D eigenvalue weighted by atomic mass is 32.2. The molecule has 2 nitrogen and oxygen atoms in total. The fourth-order valence-corrected chi connectivity index (χ4v) is 2.79. The first kappa shape index (κ1) is 13.2. The second kappa shape index (κ2) is 6.69. The molecule has 1 atom stereocenters. The molecule has 0 spiro atoms. The van der Waals surface area contributed by atoms with Gasteiger partial charge in [-0.3, -0.25) is 4.21 Å². The summed E-state index contributed by atoms with van der Waals surface area (Å²) in [5.74, 6) is 2.23. The van der Waals surface area contributed by atoms with Crippen LogP contribution >= 0.6 is 0 Å². The molecule has 0 saturated heterocycles. The van der Waals surface area contributed by atoms with Crippen LogP contribution in [0.2, 0.25) is 0 Å². The minimum Gasteiger partial charge on any atom is -0.399 e. The van der Waals surface area contributed by atoms with Crippen LogP contribution in [0, 0.1) is 5.92 Å². The van der Waals surface area contributed by atoms with Gasteiger partial charge in [0.25, 0.3) is 0 Å². The molecule has 16 heavy (non-hydrogen) atoms. The molecule has 1 aromatic rings. The number of anilines is 1. The molecule has 0 bridgehead atoms. The Bertz CT molecular complexity index is 332. The Morgan fingerprint density at radius 3 is 2.38 bits per heavy atom. The van der Waals surface area contributed by atoms with Gasteiger partial charge >= 0.3 is 0 Å². The Kier molecular flexibility index (Phi) is 5.53. The Morgan fingerprint density at radius 1 is 1.19 bits per heavy atom. The Balaban J connectivity index is 2.29. The van der Waals surface area contributed by atoms with E-state index in [1.165, 1.54) is 5.56 Å². The second-order valence-corrected chi connectivity index (χ2v) is 6.22. The Labute approximate surface area is 101 Å². The lowest BCUT2D eigenvalue weighted by Gasteiger charge is -2.05. The number of hydrogen-bond donors (Lipinski definition) is 1. The van der Waals surface area contributed by atoms with Gasteiger partial charge in [0, 0.05) is 28.0 Å². The monoisotopic (exact) mass is 239 g/mol. The van der Waals surface area contributed by atoms with Crippen molar-refractivity contribution >= 4 is 16.5 Å². The topological polar surface area (TPSA) is 43.1 Å². The molecular weight excluding hydrogens is 218 g/mol. The maximum Gasteiger partial charge on any atom is 0.0314 e. The van der Waals surface area contributed by atoms with E-state index < -0.39 is 10.8 Å². The van der Waals surface area contributed by atoms with E-state index in [2.05, 4.69) is 13.8 Å². The highest BCUT2D eigenvalue weighted by Crippen LogP contribution is 2.07. The van der Waals surface area contributed by atoms with Crippen LogP contribution in [-0.4, -0.2) is 15.7 Å². The Morgan fingerprint density at radius 2 is 1.81 bits per heavy atom. The average molecular weight is 239 g/mol. The number of hydrogen-bond acceptors (Lipinski definition) is 2. The first-order valence-electron chi connectivity index (χ1n) is 5.77. The third-order valence-electron chi connectivity index (χ3n) is 2.52. The van der Waals surface area contributed by atoms with Crippen molar-refractivity contribution in [3.63, 3.8) is 0 Å². The molecule has 1 rings (SSSR count). The lowest BCUT2D eigenvalue weighted by Crippen LogP contribution is -2.07. The van der Waals surface area contributed by atoms with Gasteiger partial charge in [-0.15, -0.1) is 0 Å². The highest BCUT2D eigenvalue weighted by Gasteiger charge is 2.02. The number of aryl methyl sites for hydroxylation is 1. The molecule has 0 saturated carbocycles. The highest BCUT2D eigenvalue weighted by molar-refractivity contribution is 7.84. The van der Waals surface area contributed by atoms with Gasteiger partial charge in [-0.05, 0) is 36.5 Å². The van der Waals surface area contributed by atoms with Crippen LogP contribution in [-0.2, 0) is 17.2 Å². The fourth-order valence-electron chi connectivity index (χ4n) is 1.39. The van der Waals surface area contributed by atoms with E-state index in [9.17, 15) is 4.21 Å². The van der Waals surface area contributed by atoms with Crippen molar-refractivity contribution in [3.8, 4) is 0 Å². The van der Waals surface area contributed by atoms with E-state index in [0.29, 0.717) is 5.92 Å². The smallest absolute Gasteiger partial charge is 0.0314 e. The van der Waals surface area contributed by atoms with Gasteiger partial charge in [0.1, 0.15) is 0 Å². The van der Waals surface area contributed by atoms with Crippen LogP contribution in [0.3, 0.4) is 0 Å². The molecule has 0 fully saturated rings. The van der Waals surface area contributed by atoms with E-state index in [-0.39, 0.29) is 0 Å². The van der Waals surface area contributed by atoms with Gasteiger partial charge in [-0.2, -0.15) is 0 Å². The van der Waals surface area contributed by atoms with E-state index in [1.54, 1.807) is 0 Å². The van der Waals surface area contributed by atoms with Crippen molar-refractivity contribution in [3.05, 3.63) is 29.8 Å². The summed E-state index contributed by atoms with van der Waals surface area (Å²) in [4.78, 5) is 0. The summed E-state index contributed by atoms with van der Waals surface area (Å²) in [7, 11) is -0.678. The maximum absolute atomic E-state index is 11.7. The summed E-state index contributed by atoms with van der Waals surface area (Å²) < 4.78 is 11.7. The predicted octanol–water partition coefficient (Wildman–Crippen LogP) is 2.61. The summed E-state index contributed by atoms with van der Waals surface area (Å²) in [5, 5.41) is 0. The molecule has 3 heteroatoms. The number of rotatable bonds is 6. The molecule has 0 aliphatic rings.